The van der Waals surface area contributed by atoms with Crippen molar-refractivity contribution >= 4 is 6.09 Å². The molecule has 2 rings (SSSR count). The quantitative estimate of drug-likeness (QED) is 0.612. The Morgan fingerprint density at radius 3 is 2.45 bits per heavy atom. The first-order valence-corrected chi connectivity index (χ1v) is 10.6. The smallest absolute Gasteiger partial charge is 0.407 e. The van der Waals surface area contributed by atoms with E-state index in [0.717, 1.165) is 32.1 Å². The number of nitrogens with one attached hydrogen (secondary N) is 2. The molecule has 3 N–H and O–H groups in total. The lowest BCUT2D eigenvalue weighted by Gasteiger charge is -2.36. The zero-order chi connectivity index (χ0) is 21.7. The zero-order valence-electron chi connectivity index (χ0n) is 18.4. The maximum absolute atomic E-state index is 13.3. The van der Waals surface area contributed by atoms with Gasteiger partial charge < -0.3 is 20.5 Å². The van der Waals surface area contributed by atoms with Crippen molar-refractivity contribution in [2.45, 2.75) is 90.0 Å². The summed E-state index contributed by atoms with van der Waals surface area (Å²) in [7, 11) is 0. The number of alkyl carbamates (subject to hydrolysis) is 1. The third kappa shape index (κ3) is 8.70. The number of carbonyl (C=O) groups is 1. The first-order valence-electron chi connectivity index (χ1n) is 10.6. The molecule has 0 aliphatic heterocycles. The van der Waals surface area contributed by atoms with Crippen molar-refractivity contribution < 1.29 is 19.0 Å². The number of rotatable bonds is 7. The minimum Gasteiger partial charge on any atom is -0.444 e. The number of amides is 1. The van der Waals surface area contributed by atoms with Gasteiger partial charge >= 0.3 is 6.09 Å². The van der Waals surface area contributed by atoms with Gasteiger partial charge in [-0.25, -0.2) is 9.18 Å². The molecule has 0 spiro atoms. The van der Waals surface area contributed by atoms with Gasteiger partial charge in [-0.3, -0.25) is 0 Å². The van der Waals surface area contributed by atoms with Crippen molar-refractivity contribution in [2.75, 3.05) is 6.54 Å². The summed E-state index contributed by atoms with van der Waals surface area (Å²) in [4.78, 5) is 11.9. The van der Waals surface area contributed by atoms with Gasteiger partial charge in [0.2, 0.25) is 0 Å². The maximum Gasteiger partial charge on any atom is 0.407 e. The van der Waals surface area contributed by atoms with E-state index in [-0.39, 0.29) is 23.5 Å². The van der Waals surface area contributed by atoms with Gasteiger partial charge in [0.25, 0.3) is 0 Å². The Kier molecular flexibility index (Phi) is 8.06. The first kappa shape index (κ1) is 23.6. The van der Waals surface area contributed by atoms with Crippen molar-refractivity contribution in [3.05, 3.63) is 35.6 Å². The molecule has 0 unspecified atom stereocenters. The van der Waals surface area contributed by atoms with E-state index in [0.29, 0.717) is 18.0 Å². The van der Waals surface area contributed by atoms with Gasteiger partial charge in [-0.1, -0.05) is 12.1 Å². The molecule has 1 amide bonds. The van der Waals surface area contributed by atoms with E-state index in [1.165, 1.54) is 12.1 Å². The van der Waals surface area contributed by atoms with Crippen LogP contribution < -0.4 is 10.6 Å². The van der Waals surface area contributed by atoms with Crippen LogP contribution in [0, 0.1) is 11.7 Å². The highest BCUT2D eigenvalue weighted by Gasteiger charge is 2.29. The fraction of sp³-hybridized carbons (Fsp3) is 0.696. The topological polar surface area (TPSA) is 70.6 Å². The van der Waals surface area contributed by atoms with Crippen LogP contribution in [0.3, 0.4) is 0 Å². The van der Waals surface area contributed by atoms with Crippen LogP contribution in [0.4, 0.5) is 9.18 Å². The summed E-state index contributed by atoms with van der Waals surface area (Å²) >= 11 is 0. The molecule has 1 atom stereocenters. The van der Waals surface area contributed by atoms with E-state index in [9.17, 15) is 14.3 Å². The molecule has 0 radical (unpaired) electrons. The van der Waals surface area contributed by atoms with Crippen molar-refractivity contribution in [1.29, 1.82) is 0 Å². The predicted molar refractivity (Wildman–Crippen MR) is 113 cm³/mol. The average Bonchev–Trinajstić information content (AvgIpc) is 2.59. The molecule has 29 heavy (non-hydrogen) atoms. The van der Waals surface area contributed by atoms with Crippen molar-refractivity contribution in [3.63, 3.8) is 0 Å². The second kappa shape index (κ2) is 9.90. The molecule has 0 bridgehead atoms. The van der Waals surface area contributed by atoms with E-state index in [4.69, 9.17) is 4.74 Å². The van der Waals surface area contributed by atoms with Crippen LogP contribution in [0.2, 0.25) is 0 Å². The van der Waals surface area contributed by atoms with Gasteiger partial charge in [0.1, 0.15) is 11.4 Å². The third-order valence-electron chi connectivity index (χ3n) is 5.37. The van der Waals surface area contributed by atoms with E-state index in [2.05, 4.69) is 24.5 Å². The van der Waals surface area contributed by atoms with Crippen LogP contribution in [0.25, 0.3) is 0 Å². The Labute approximate surface area is 174 Å². The van der Waals surface area contributed by atoms with Crippen LogP contribution in [-0.2, 0) is 4.74 Å². The SMILES string of the molecule is CC(C)(CC1CCC(NC(=O)OC(C)(C)C)CC1)NC[C@H](O)c1cccc(F)c1. The minimum atomic E-state index is -0.737. The molecule has 6 heteroatoms. The van der Waals surface area contributed by atoms with Crippen LogP contribution in [-0.4, -0.2) is 34.9 Å². The molecule has 1 saturated carbocycles. The van der Waals surface area contributed by atoms with Gasteiger partial charge in [0.05, 0.1) is 6.10 Å². The lowest BCUT2D eigenvalue weighted by molar-refractivity contribution is 0.0484. The number of hydrogen-bond donors (Lipinski definition) is 3. The van der Waals surface area contributed by atoms with Crippen molar-refractivity contribution in [1.82, 2.24) is 10.6 Å². The molecule has 0 saturated heterocycles. The predicted octanol–water partition coefficient (Wildman–Crippen LogP) is 4.70. The van der Waals surface area contributed by atoms with Gasteiger partial charge in [0, 0.05) is 18.1 Å². The number of β-amino-alcohol motifs (C(OH)–C–C–N with tert-alkyl or cyclic N) is 1. The fourth-order valence-corrected chi connectivity index (χ4v) is 3.98. The third-order valence-corrected chi connectivity index (χ3v) is 5.37. The standard InChI is InChI=1S/C23H37FN2O3/c1-22(2,3)29-21(28)26-19-11-9-16(10-12-19)14-23(4,5)25-15-20(27)17-7-6-8-18(24)13-17/h6-8,13,16,19-20,25,27H,9-12,14-15H2,1-5H3,(H,26,28)/t16?,19?,20-/m0/s1. The van der Waals surface area contributed by atoms with Crippen molar-refractivity contribution in [3.8, 4) is 0 Å². The summed E-state index contributed by atoms with van der Waals surface area (Å²) in [5, 5.41) is 16.7. The number of aliphatic hydroxyl groups excluding tert-OH is 1. The second-order valence-electron chi connectivity index (χ2n) is 9.90. The average molecular weight is 409 g/mol. The number of aliphatic hydroxyl groups is 1. The summed E-state index contributed by atoms with van der Waals surface area (Å²) in [5.74, 6) is 0.234. The summed E-state index contributed by atoms with van der Waals surface area (Å²) < 4.78 is 18.7. The molecule has 5 nitrogen and oxygen atoms in total. The highest BCUT2D eigenvalue weighted by molar-refractivity contribution is 5.68. The Hall–Kier alpha value is -1.66. The number of ether oxygens (including phenoxy) is 1. The lowest BCUT2D eigenvalue weighted by atomic mass is 9.79. The van der Waals surface area contributed by atoms with Gasteiger partial charge in [-0.2, -0.15) is 0 Å². The van der Waals surface area contributed by atoms with Crippen LogP contribution in [0.1, 0.15) is 78.4 Å². The van der Waals surface area contributed by atoms with Crippen LogP contribution in [0.5, 0.6) is 0 Å². The van der Waals surface area contributed by atoms with Crippen LogP contribution in [0.15, 0.2) is 24.3 Å². The normalized spacial score (nSPS) is 21.5. The number of carbonyl (C=O) groups excluding carboxylic acids is 1. The van der Waals surface area contributed by atoms with E-state index in [1.54, 1.807) is 12.1 Å². The molecule has 1 aromatic rings. The molecule has 1 aliphatic rings. The fourth-order valence-electron chi connectivity index (χ4n) is 3.98. The first-order chi connectivity index (χ1) is 13.4. The minimum absolute atomic E-state index is 0.135. The van der Waals surface area contributed by atoms with Gasteiger partial charge in [-0.15, -0.1) is 0 Å². The van der Waals surface area contributed by atoms with Gasteiger partial charge in [0.15, 0.2) is 0 Å². The molecule has 1 aliphatic carbocycles. The molecule has 164 valence electrons. The van der Waals surface area contributed by atoms with E-state index in [1.807, 2.05) is 20.8 Å². The van der Waals surface area contributed by atoms with E-state index >= 15 is 0 Å². The monoisotopic (exact) mass is 408 g/mol. The summed E-state index contributed by atoms with van der Waals surface area (Å²) in [5.41, 5.74) is -0.0284. The summed E-state index contributed by atoms with van der Waals surface area (Å²) in [6.07, 6.45) is 3.92. The number of benzene rings is 1. The highest BCUT2D eigenvalue weighted by Crippen LogP contribution is 2.31. The lowest BCUT2D eigenvalue weighted by Crippen LogP contribution is -2.45. The Bertz CT molecular complexity index is 664. The Morgan fingerprint density at radius 1 is 1.21 bits per heavy atom. The number of halogens is 1. The van der Waals surface area contributed by atoms with Gasteiger partial charge in [-0.05, 0) is 90.3 Å². The highest BCUT2D eigenvalue weighted by atomic mass is 19.1. The maximum atomic E-state index is 13.3. The molecule has 0 aromatic heterocycles. The molecule has 0 heterocycles. The zero-order valence-corrected chi connectivity index (χ0v) is 18.4. The molecular weight excluding hydrogens is 371 g/mol. The second-order valence-corrected chi connectivity index (χ2v) is 9.90. The molecule has 1 aromatic carbocycles. The van der Waals surface area contributed by atoms with E-state index < -0.39 is 11.7 Å². The summed E-state index contributed by atoms with van der Waals surface area (Å²) in [6.45, 7) is 10.2. The largest absolute Gasteiger partial charge is 0.444 e. The number of hydrogen-bond acceptors (Lipinski definition) is 4. The molecule has 1 fully saturated rings. The Morgan fingerprint density at radius 2 is 1.86 bits per heavy atom. The molecular formula is C23H37FN2O3. The van der Waals surface area contributed by atoms with Crippen molar-refractivity contribution in [2.24, 2.45) is 5.92 Å². The Balaban J connectivity index is 1.73. The summed E-state index contributed by atoms with van der Waals surface area (Å²) in [6, 6.07) is 6.27. The van der Waals surface area contributed by atoms with Crippen LogP contribution >= 0.6 is 0 Å².